The van der Waals surface area contributed by atoms with E-state index in [2.05, 4.69) is 33.0 Å². The number of rotatable bonds is 6. The van der Waals surface area contributed by atoms with Gasteiger partial charge < -0.3 is 11.1 Å². The zero-order chi connectivity index (χ0) is 12.0. The summed E-state index contributed by atoms with van der Waals surface area (Å²) in [5, 5.41) is 3.59. The molecule has 0 saturated heterocycles. The van der Waals surface area contributed by atoms with E-state index in [1.807, 2.05) is 0 Å². The fourth-order valence-corrected chi connectivity index (χ4v) is 3.12. The molecule has 94 valence electrons. The molecule has 0 amide bonds. The lowest BCUT2D eigenvalue weighted by Crippen LogP contribution is -2.29. The monoisotopic (exact) mass is 224 g/mol. The van der Waals surface area contributed by atoms with Gasteiger partial charge in [0.1, 0.15) is 0 Å². The Hall–Kier alpha value is -0.0800. The summed E-state index contributed by atoms with van der Waals surface area (Å²) in [6, 6.07) is 0.452. The van der Waals surface area contributed by atoms with Gasteiger partial charge in [0, 0.05) is 6.04 Å². The summed E-state index contributed by atoms with van der Waals surface area (Å²) in [4.78, 5) is 0. The highest BCUT2D eigenvalue weighted by atomic mass is 14.9. The third-order valence-electron chi connectivity index (χ3n) is 5.55. The molecule has 0 aromatic heterocycles. The Bertz CT molecular complexity index is 239. The smallest absolute Gasteiger partial charge is 0.00792 e. The van der Waals surface area contributed by atoms with E-state index in [0.29, 0.717) is 16.9 Å². The van der Waals surface area contributed by atoms with Crippen molar-refractivity contribution in [1.29, 1.82) is 0 Å². The van der Waals surface area contributed by atoms with E-state index in [0.717, 1.165) is 31.3 Å². The molecule has 2 aliphatic carbocycles. The fourth-order valence-electron chi connectivity index (χ4n) is 3.12. The van der Waals surface area contributed by atoms with Crippen LogP contribution in [-0.4, -0.2) is 19.1 Å². The number of hydrogen-bond acceptors (Lipinski definition) is 2. The highest BCUT2D eigenvalue weighted by Crippen LogP contribution is 2.67. The Kier molecular flexibility index (Phi) is 3.09. The zero-order valence-electron chi connectivity index (χ0n) is 11.3. The van der Waals surface area contributed by atoms with Gasteiger partial charge in [-0.2, -0.15) is 0 Å². The first-order chi connectivity index (χ1) is 7.37. The second kappa shape index (κ2) is 3.99. The molecular weight excluding hydrogens is 196 g/mol. The molecule has 3 N–H and O–H groups in total. The Labute approximate surface area is 100 Å². The van der Waals surface area contributed by atoms with Gasteiger partial charge in [-0.25, -0.2) is 0 Å². The van der Waals surface area contributed by atoms with Crippen molar-refractivity contribution in [2.75, 3.05) is 13.1 Å². The average Bonchev–Trinajstić information content (AvgIpc) is 3.04. The van der Waals surface area contributed by atoms with Crippen LogP contribution in [0.15, 0.2) is 0 Å². The number of hydrogen-bond donors (Lipinski definition) is 2. The molecule has 2 heteroatoms. The lowest BCUT2D eigenvalue weighted by Gasteiger charge is -2.11. The maximum Gasteiger partial charge on any atom is 0.00792 e. The Morgan fingerprint density at radius 1 is 1.19 bits per heavy atom. The summed E-state index contributed by atoms with van der Waals surface area (Å²) in [6.07, 6.45) is 3.88. The maximum absolute atomic E-state index is 6.08. The fraction of sp³-hybridized carbons (Fsp3) is 1.00. The van der Waals surface area contributed by atoms with Crippen LogP contribution in [0.1, 0.15) is 47.0 Å². The van der Waals surface area contributed by atoms with Crippen LogP contribution >= 0.6 is 0 Å². The van der Waals surface area contributed by atoms with Crippen LogP contribution in [0, 0.1) is 22.7 Å². The summed E-state index contributed by atoms with van der Waals surface area (Å²) >= 11 is 0. The van der Waals surface area contributed by atoms with Gasteiger partial charge in [0.2, 0.25) is 0 Å². The summed E-state index contributed by atoms with van der Waals surface area (Å²) in [5.41, 5.74) is 7.10. The molecule has 2 nitrogen and oxygen atoms in total. The van der Waals surface area contributed by atoms with Gasteiger partial charge >= 0.3 is 0 Å². The van der Waals surface area contributed by atoms with Crippen molar-refractivity contribution in [3.8, 4) is 0 Å². The summed E-state index contributed by atoms with van der Waals surface area (Å²) in [5.74, 6) is 1.67. The van der Waals surface area contributed by atoms with E-state index in [9.17, 15) is 0 Å². The molecule has 0 aromatic rings. The van der Waals surface area contributed by atoms with Gasteiger partial charge in [0.15, 0.2) is 0 Å². The highest BCUT2D eigenvalue weighted by Gasteiger charge is 2.63. The maximum atomic E-state index is 6.08. The molecule has 0 heterocycles. The molecular formula is C14H28N2. The largest absolute Gasteiger partial charge is 0.327 e. The molecule has 16 heavy (non-hydrogen) atoms. The van der Waals surface area contributed by atoms with Crippen molar-refractivity contribution >= 4 is 0 Å². The minimum atomic E-state index is 0.452. The number of nitrogens with two attached hydrogens (primary N) is 1. The molecule has 0 aliphatic heterocycles. The summed E-state index contributed by atoms with van der Waals surface area (Å²) < 4.78 is 0. The average molecular weight is 224 g/mol. The van der Waals surface area contributed by atoms with Gasteiger partial charge in [-0.3, -0.25) is 0 Å². The first-order valence-corrected chi connectivity index (χ1v) is 6.83. The lowest BCUT2D eigenvalue weighted by molar-refractivity contribution is 0.457. The van der Waals surface area contributed by atoms with Crippen molar-refractivity contribution in [2.24, 2.45) is 28.4 Å². The van der Waals surface area contributed by atoms with Crippen molar-refractivity contribution in [1.82, 2.24) is 5.32 Å². The minimum absolute atomic E-state index is 0.452. The highest BCUT2D eigenvalue weighted by molar-refractivity contribution is 5.12. The van der Waals surface area contributed by atoms with E-state index in [1.54, 1.807) is 0 Å². The number of nitrogens with one attached hydrogen (secondary N) is 1. The molecule has 0 spiro atoms. The third kappa shape index (κ3) is 2.14. The van der Waals surface area contributed by atoms with Crippen LogP contribution in [0.2, 0.25) is 0 Å². The predicted octanol–water partition coefficient (Wildman–Crippen LogP) is 2.39. The Balaban J connectivity index is 1.59. The molecule has 2 rings (SSSR count). The van der Waals surface area contributed by atoms with Crippen molar-refractivity contribution < 1.29 is 0 Å². The van der Waals surface area contributed by atoms with Gasteiger partial charge in [0.05, 0.1) is 0 Å². The zero-order valence-corrected chi connectivity index (χ0v) is 11.3. The summed E-state index contributed by atoms with van der Waals surface area (Å²) in [6.45, 7) is 11.8. The molecule has 0 bridgehead atoms. The van der Waals surface area contributed by atoms with Gasteiger partial charge in [-0.05, 0) is 55.0 Å². The van der Waals surface area contributed by atoms with E-state index in [1.165, 1.54) is 12.8 Å². The normalized spacial score (nSPS) is 29.1. The Morgan fingerprint density at radius 3 is 2.19 bits per heavy atom. The van der Waals surface area contributed by atoms with Crippen LogP contribution in [-0.2, 0) is 0 Å². The van der Waals surface area contributed by atoms with E-state index in [4.69, 9.17) is 5.73 Å². The Morgan fingerprint density at radius 2 is 1.75 bits per heavy atom. The first-order valence-electron chi connectivity index (χ1n) is 6.83. The molecule has 2 saturated carbocycles. The van der Waals surface area contributed by atoms with Crippen LogP contribution in [0.3, 0.4) is 0 Å². The molecule has 2 aliphatic rings. The van der Waals surface area contributed by atoms with Crippen molar-refractivity contribution in [3.05, 3.63) is 0 Å². The second-order valence-corrected chi connectivity index (χ2v) is 6.99. The van der Waals surface area contributed by atoms with Gasteiger partial charge in [-0.1, -0.05) is 27.7 Å². The molecule has 1 atom stereocenters. The molecule has 1 unspecified atom stereocenters. The second-order valence-electron chi connectivity index (χ2n) is 6.99. The van der Waals surface area contributed by atoms with Crippen LogP contribution in [0.4, 0.5) is 0 Å². The SMILES string of the molecule is CC1(C)C(CNCCC(N)C2CC2)C1(C)C. The standard InChI is InChI=1S/C14H28N2/c1-13(2)12(14(13,3)4)9-16-8-7-11(15)10-5-6-10/h10-12,16H,5-9,15H2,1-4H3. The molecule has 2 fully saturated rings. The predicted molar refractivity (Wildman–Crippen MR) is 69.2 cm³/mol. The lowest BCUT2D eigenvalue weighted by atomic mass is 10.0. The topological polar surface area (TPSA) is 38.0 Å². The minimum Gasteiger partial charge on any atom is -0.327 e. The quantitative estimate of drug-likeness (QED) is 0.680. The summed E-state index contributed by atoms with van der Waals surface area (Å²) in [7, 11) is 0. The molecule has 0 aromatic carbocycles. The van der Waals surface area contributed by atoms with Crippen molar-refractivity contribution in [2.45, 2.75) is 53.0 Å². The van der Waals surface area contributed by atoms with Crippen LogP contribution in [0.25, 0.3) is 0 Å². The van der Waals surface area contributed by atoms with Gasteiger partial charge in [-0.15, -0.1) is 0 Å². The van der Waals surface area contributed by atoms with Crippen LogP contribution in [0.5, 0.6) is 0 Å². The first kappa shape index (κ1) is 12.4. The third-order valence-corrected chi connectivity index (χ3v) is 5.55. The van der Waals surface area contributed by atoms with E-state index in [-0.39, 0.29) is 0 Å². The van der Waals surface area contributed by atoms with Gasteiger partial charge in [0.25, 0.3) is 0 Å². The van der Waals surface area contributed by atoms with Crippen molar-refractivity contribution in [3.63, 3.8) is 0 Å². The van der Waals surface area contributed by atoms with E-state index < -0.39 is 0 Å². The van der Waals surface area contributed by atoms with Crippen LogP contribution < -0.4 is 11.1 Å². The molecule has 0 radical (unpaired) electrons. The van der Waals surface area contributed by atoms with E-state index >= 15 is 0 Å².